The van der Waals surface area contributed by atoms with Crippen LogP contribution < -0.4 is 4.74 Å². The van der Waals surface area contributed by atoms with Crippen LogP contribution in [0.3, 0.4) is 0 Å². The first-order valence-corrected chi connectivity index (χ1v) is 6.47. The van der Waals surface area contributed by atoms with Crippen molar-refractivity contribution in [3.8, 4) is 5.75 Å². The van der Waals surface area contributed by atoms with E-state index in [9.17, 15) is 0 Å². The van der Waals surface area contributed by atoms with Crippen LogP contribution in [0.5, 0.6) is 5.75 Å². The van der Waals surface area contributed by atoms with E-state index in [1.807, 2.05) is 18.3 Å². The van der Waals surface area contributed by atoms with Crippen LogP contribution in [0, 0.1) is 0 Å². The van der Waals surface area contributed by atoms with E-state index in [0.29, 0.717) is 0 Å². The van der Waals surface area contributed by atoms with Crippen LogP contribution in [0.1, 0.15) is 31.0 Å². The summed E-state index contributed by atoms with van der Waals surface area (Å²) >= 11 is 0. The smallest absolute Gasteiger partial charge is 0.118 e. The average Bonchev–Trinajstić information content (AvgIpc) is 2.84. The van der Waals surface area contributed by atoms with E-state index in [1.54, 1.807) is 7.11 Å². The molecule has 0 fully saturated rings. The number of ether oxygens (including phenoxy) is 1. The van der Waals surface area contributed by atoms with E-state index >= 15 is 0 Å². The maximum Gasteiger partial charge on any atom is 0.118 e. The molecule has 0 atom stereocenters. The fourth-order valence-corrected chi connectivity index (χ4v) is 1.98. The number of aryl methyl sites for hydroxylation is 1. The first kappa shape index (κ1) is 12.7. The normalized spacial score (nSPS) is 10.6. The number of hydrogen-bond donors (Lipinski definition) is 0. The molecule has 0 saturated heterocycles. The molecule has 96 valence electrons. The number of hydrogen-bond acceptors (Lipinski definition) is 2. The Labute approximate surface area is 108 Å². The van der Waals surface area contributed by atoms with Gasteiger partial charge >= 0.3 is 0 Å². The molecule has 0 aliphatic carbocycles. The largest absolute Gasteiger partial charge is 0.497 e. The van der Waals surface area contributed by atoms with Gasteiger partial charge in [0, 0.05) is 11.9 Å². The topological polar surface area (TPSA) is 27.1 Å². The summed E-state index contributed by atoms with van der Waals surface area (Å²) in [5.74, 6) is 0.894. The molecule has 2 rings (SSSR count). The van der Waals surface area contributed by atoms with Gasteiger partial charge in [-0.1, -0.05) is 25.5 Å². The van der Waals surface area contributed by atoms with E-state index in [1.165, 1.54) is 24.1 Å². The third-order valence-corrected chi connectivity index (χ3v) is 3.08. The first-order chi connectivity index (χ1) is 8.83. The van der Waals surface area contributed by atoms with Crippen LogP contribution in [-0.4, -0.2) is 16.9 Å². The minimum Gasteiger partial charge on any atom is -0.497 e. The van der Waals surface area contributed by atoms with Gasteiger partial charge in [0.15, 0.2) is 0 Å². The van der Waals surface area contributed by atoms with Gasteiger partial charge in [-0.3, -0.25) is 4.68 Å². The van der Waals surface area contributed by atoms with E-state index in [2.05, 4.69) is 34.9 Å². The Morgan fingerprint density at radius 3 is 2.61 bits per heavy atom. The Morgan fingerprint density at radius 2 is 1.94 bits per heavy atom. The van der Waals surface area contributed by atoms with Crippen LogP contribution >= 0.6 is 0 Å². The molecule has 0 aliphatic rings. The van der Waals surface area contributed by atoms with Crippen LogP contribution in [0.15, 0.2) is 36.5 Å². The molecule has 0 bridgehead atoms. The second-order valence-corrected chi connectivity index (χ2v) is 4.43. The fraction of sp³-hybridized carbons (Fsp3) is 0.400. The number of aromatic nitrogens is 2. The average molecular weight is 244 g/mol. The zero-order chi connectivity index (χ0) is 12.8. The Bertz CT molecular complexity index is 473. The van der Waals surface area contributed by atoms with Crippen LogP contribution in [0.4, 0.5) is 0 Å². The van der Waals surface area contributed by atoms with Crippen molar-refractivity contribution in [3.63, 3.8) is 0 Å². The molecule has 0 amide bonds. The number of methoxy groups -OCH3 is 1. The van der Waals surface area contributed by atoms with Crippen molar-refractivity contribution in [1.82, 2.24) is 9.78 Å². The lowest BCUT2D eigenvalue weighted by atomic mass is 10.2. The van der Waals surface area contributed by atoms with Gasteiger partial charge in [-0.2, -0.15) is 5.10 Å². The summed E-state index contributed by atoms with van der Waals surface area (Å²) in [6, 6.07) is 10.3. The third kappa shape index (κ3) is 3.13. The van der Waals surface area contributed by atoms with Crippen LogP contribution in [-0.2, 0) is 13.0 Å². The maximum atomic E-state index is 5.16. The second kappa shape index (κ2) is 6.24. The minimum absolute atomic E-state index is 0.829. The van der Waals surface area contributed by atoms with Gasteiger partial charge < -0.3 is 4.74 Å². The summed E-state index contributed by atoms with van der Waals surface area (Å²) in [6.45, 7) is 3.04. The SMILES string of the molecule is CCCCc1ccnn1Cc1ccc(OC)cc1. The Balaban J connectivity index is 2.05. The van der Waals surface area contributed by atoms with E-state index in [-0.39, 0.29) is 0 Å². The highest BCUT2D eigenvalue weighted by Gasteiger charge is 2.03. The van der Waals surface area contributed by atoms with Gasteiger partial charge in [0.1, 0.15) is 5.75 Å². The summed E-state index contributed by atoms with van der Waals surface area (Å²) < 4.78 is 7.24. The molecule has 0 saturated carbocycles. The van der Waals surface area contributed by atoms with Crippen molar-refractivity contribution in [2.45, 2.75) is 32.7 Å². The Morgan fingerprint density at radius 1 is 1.17 bits per heavy atom. The molecule has 3 nitrogen and oxygen atoms in total. The lowest BCUT2D eigenvalue weighted by Gasteiger charge is -2.08. The summed E-state index contributed by atoms with van der Waals surface area (Å²) in [6.07, 6.45) is 5.42. The summed E-state index contributed by atoms with van der Waals surface area (Å²) in [5.41, 5.74) is 2.56. The van der Waals surface area contributed by atoms with E-state index in [0.717, 1.165) is 18.7 Å². The van der Waals surface area contributed by atoms with Crippen molar-refractivity contribution in [1.29, 1.82) is 0 Å². The first-order valence-electron chi connectivity index (χ1n) is 6.47. The predicted octanol–water partition coefficient (Wildman–Crippen LogP) is 3.28. The van der Waals surface area contributed by atoms with Crippen molar-refractivity contribution in [2.24, 2.45) is 0 Å². The van der Waals surface area contributed by atoms with Crippen molar-refractivity contribution in [2.75, 3.05) is 7.11 Å². The summed E-state index contributed by atoms with van der Waals surface area (Å²) in [5, 5.41) is 4.39. The van der Waals surface area contributed by atoms with Gasteiger partial charge in [-0.15, -0.1) is 0 Å². The lowest BCUT2D eigenvalue weighted by Crippen LogP contribution is -2.06. The zero-order valence-electron chi connectivity index (χ0n) is 11.1. The molecule has 1 aromatic heterocycles. The van der Waals surface area contributed by atoms with Crippen LogP contribution in [0.25, 0.3) is 0 Å². The standard InChI is InChI=1S/C15H20N2O/c1-3-4-5-14-10-11-16-17(14)12-13-6-8-15(18-2)9-7-13/h6-11H,3-5,12H2,1-2H3. The van der Waals surface area contributed by atoms with E-state index in [4.69, 9.17) is 4.74 Å². The highest BCUT2D eigenvalue weighted by Crippen LogP contribution is 2.13. The molecule has 18 heavy (non-hydrogen) atoms. The molecule has 0 N–H and O–H groups in total. The van der Waals surface area contributed by atoms with Crippen LogP contribution in [0.2, 0.25) is 0 Å². The fourth-order valence-electron chi connectivity index (χ4n) is 1.98. The summed E-state index contributed by atoms with van der Waals surface area (Å²) in [7, 11) is 1.69. The molecule has 1 aromatic carbocycles. The third-order valence-electron chi connectivity index (χ3n) is 3.08. The van der Waals surface area contributed by atoms with Crippen molar-refractivity contribution < 1.29 is 4.74 Å². The highest BCUT2D eigenvalue weighted by molar-refractivity contribution is 5.27. The monoisotopic (exact) mass is 244 g/mol. The second-order valence-electron chi connectivity index (χ2n) is 4.43. The number of nitrogens with zero attached hydrogens (tertiary/aromatic N) is 2. The van der Waals surface area contributed by atoms with Crippen molar-refractivity contribution >= 4 is 0 Å². The molecule has 1 heterocycles. The van der Waals surface area contributed by atoms with Gasteiger partial charge in [0.25, 0.3) is 0 Å². The molecule has 0 aliphatic heterocycles. The Kier molecular flexibility index (Phi) is 4.40. The van der Waals surface area contributed by atoms with Gasteiger partial charge in [0.2, 0.25) is 0 Å². The van der Waals surface area contributed by atoms with Crippen molar-refractivity contribution in [3.05, 3.63) is 47.8 Å². The van der Waals surface area contributed by atoms with Gasteiger partial charge in [-0.25, -0.2) is 0 Å². The summed E-state index contributed by atoms with van der Waals surface area (Å²) in [4.78, 5) is 0. The minimum atomic E-state index is 0.829. The maximum absolute atomic E-state index is 5.16. The number of unbranched alkanes of at least 4 members (excludes halogenated alkanes) is 1. The van der Waals surface area contributed by atoms with E-state index < -0.39 is 0 Å². The molecule has 0 radical (unpaired) electrons. The lowest BCUT2D eigenvalue weighted by molar-refractivity contribution is 0.414. The molecule has 0 unspecified atom stereocenters. The van der Waals surface area contributed by atoms with Gasteiger partial charge in [-0.05, 0) is 36.6 Å². The zero-order valence-corrected chi connectivity index (χ0v) is 11.1. The number of rotatable bonds is 6. The van der Waals surface area contributed by atoms with Gasteiger partial charge in [0.05, 0.1) is 13.7 Å². The quantitative estimate of drug-likeness (QED) is 0.779. The molecule has 0 spiro atoms. The Hall–Kier alpha value is -1.77. The highest BCUT2D eigenvalue weighted by atomic mass is 16.5. The molecule has 2 aromatic rings. The molecular formula is C15H20N2O. The number of benzene rings is 1. The molecule has 3 heteroatoms. The predicted molar refractivity (Wildman–Crippen MR) is 72.9 cm³/mol. The molecular weight excluding hydrogens is 224 g/mol.